The number of nitrogens with zero attached hydrogens (tertiary/aromatic N) is 3. The zero-order chi connectivity index (χ0) is 19.6. The quantitative estimate of drug-likeness (QED) is 0.855. The Hall–Kier alpha value is -2.17. The number of hydrogen-bond acceptors (Lipinski definition) is 3. The van der Waals surface area contributed by atoms with Crippen molar-refractivity contribution in [3.63, 3.8) is 0 Å². The first-order valence-electron chi connectivity index (χ1n) is 10.6. The number of aromatic nitrogens is 3. The lowest BCUT2D eigenvalue weighted by Crippen LogP contribution is -2.60. The zero-order valence-electron chi connectivity index (χ0n) is 17.1. The average Bonchev–Trinajstić information content (AvgIpc) is 3.16. The van der Waals surface area contributed by atoms with E-state index in [1.165, 1.54) is 12.0 Å². The van der Waals surface area contributed by atoms with Gasteiger partial charge in [-0.25, -0.2) is 9.67 Å². The molecule has 4 aliphatic rings. The number of nitrogens with one attached hydrogen (secondary N) is 1. The van der Waals surface area contributed by atoms with Gasteiger partial charge in [0.05, 0.1) is 11.0 Å². The van der Waals surface area contributed by atoms with Crippen LogP contribution in [-0.4, -0.2) is 20.7 Å². The van der Waals surface area contributed by atoms with Crippen LogP contribution in [0, 0.1) is 17.3 Å². The van der Waals surface area contributed by atoms with Crippen molar-refractivity contribution in [3.8, 4) is 0 Å². The second kappa shape index (κ2) is 5.91. The van der Waals surface area contributed by atoms with Crippen molar-refractivity contribution in [2.45, 2.75) is 70.3 Å². The van der Waals surface area contributed by atoms with E-state index in [1.54, 1.807) is 6.33 Å². The summed E-state index contributed by atoms with van der Waals surface area (Å²) < 4.78 is 2.07. The molecule has 2 unspecified atom stereocenters. The number of para-hydroxylation sites is 1. The van der Waals surface area contributed by atoms with E-state index in [-0.39, 0.29) is 22.3 Å². The summed E-state index contributed by atoms with van der Waals surface area (Å²) in [4.78, 5) is 17.9. The summed E-state index contributed by atoms with van der Waals surface area (Å²) in [6.45, 7) is 6.59. The number of amides is 1. The summed E-state index contributed by atoms with van der Waals surface area (Å²) >= 11 is 0. The molecule has 4 atom stereocenters. The van der Waals surface area contributed by atoms with E-state index in [4.69, 9.17) is 0 Å². The fourth-order valence-corrected chi connectivity index (χ4v) is 6.70. The lowest BCUT2D eigenvalue weighted by Gasteiger charge is -2.60. The van der Waals surface area contributed by atoms with E-state index in [1.807, 2.05) is 18.5 Å². The van der Waals surface area contributed by atoms with Crippen LogP contribution in [0.1, 0.15) is 64.9 Å². The molecule has 1 heterocycles. The van der Waals surface area contributed by atoms with Crippen LogP contribution in [0.5, 0.6) is 0 Å². The Labute approximate surface area is 166 Å². The number of carbonyl (C=O) groups is 1. The molecule has 2 aromatic rings. The monoisotopic (exact) mass is 378 g/mol. The van der Waals surface area contributed by atoms with Gasteiger partial charge in [0.2, 0.25) is 5.91 Å². The molecular weight excluding hydrogens is 348 g/mol. The molecule has 6 rings (SSSR count). The van der Waals surface area contributed by atoms with Gasteiger partial charge in [0.1, 0.15) is 12.7 Å². The second-order valence-electron chi connectivity index (χ2n) is 10.6. The van der Waals surface area contributed by atoms with Crippen LogP contribution in [0.15, 0.2) is 36.9 Å². The number of hydrogen-bond donors (Lipinski definition) is 1. The lowest BCUT2D eigenvalue weighted by molar-refractivity contribution is -0.150. The van der Waals surface area contributed by atoms with E-state index in [0.29, 0.717) is 11.8 Å². The van der Waals surface area contributed by atoms with Gasteiger partial charge in [-0.1, -0.05) is 39.0 Å². The smallest absolute Gasteiger partial charge is 0.230 e. The molecule has 0 spiro atoms. The van der Waals surface area contributed by atoms with E-state index in [9.17, 15) is 4.79 Å². The number of carbonyl (C=O) groups excluding carboxylic acids is 1. The molecule has 4 aliphatic carbocycles. The average molecular weight is 379 g/mol. The van der Waals surface area contributed by atoms with Crippen LogP contribution in [0.2, 0.25) is 0 Å². The maximum atomic E-state index is 13.7. The first-order chi connectivity index (χ1) is 13.3. The zero-order valence-corrected chi connectivity index (χ0v) is 17.1. The van der Waals surface area contributed by atoms with Crippen LogP contribution in [-0.2, 0) is 15.7 Å². The molecule has 1 amide bonds. The van der Waals surface area contributed by atoms with Crippen molar-refractivity contribution >= 4 is 11.6 Å². The summed E-state index contributed by atoms with van der Waals surface area (Å²) in [5.74, 6) is 1.45. The van der Waals surface area contributed by atoms with E-state index < -0.39 is 0 Å². The van der Waals surface area contributed by atoms with Gasteiger partial charge >= 0.3 is 0 Å². The van der Waals surface area contributed by atoms with Gasteiger partial charge in [0, 0.05) is 5.69 Å². The van der Waals surface area contributed by atoms with Gasteiger partial charge in [-0.3, -0.25) is 4.79 Å². The van der Waals surface area contributed by atoms with Crippen LogP contribution >= 0.6 is 0 Å². The highest BCUT2D eigenvalue weighted by molar-refractivity contribution is 5.96. The minimum absolute atomic E-state index is 0.00665. The minimum Gasteiger partial charge on any atom is -0.325 e. The standard InChI is InChI=1S/C23H30N4O/c1-21(2,3)18-6-4-5-7-19(18)26-20(28)22-9-16-8-17(10-22)12-23(11-16,13-22)27-15-24-14-25-27/h4-7,14-17H,8-13H2,1-3H3,(H,26,28)/t16-,17+,22?,23?. The number of benzene rings is 1. The highest BCUT2D eigenvalue weighted by atomic mass is 16.2. The minimum atomic E-state index is -0.277. The largest absolute Gasteiger partial charge is 0.325 e. The number of anilines is 1. The van der Waals surface area contributed by atoms with Crippen molar-refractivity contribution in [2.75, 3.05) is 5.32 Å². The van der Waals surface area contributed by atoms with E-state index >= 15 is 0 Å². The molecule has 1 aromatic heterocycles. The normalized spacial score (nSPS) is 33.8. The third kappa shape index (κ3) is 2.70. The third-order valence-electron chi connectivity index (χ3n) is 7.40. The number of rotatable bonds is 3. The van der Waals surface area contributed by atoms with E-state index in [2.05, 4.69) is 53.0 Å². The Bertz CT molecular complexity index is 882. The Morgan fingerprint density at radius 2 is 1.86 bits per heavy atom. The topological polar surface area (TPSA) is 59.8 Å². The van der Waals surface area contributed by atoms with Crippen molar-refractivity contribution in [1.29, 1.82) is 0 Å². The maximum absolute atomic E-state index is 13.7. The molecule has 28 heavy (non-hydrogen) atoms. The summed E-state index contributed by atoms with van der Waals surface area (Å²) in [5, 5.41) is 7.85. The predicted molar refractivity (Wildman–Crippen MR) is 109 cm³/mol. The molecule has 5 nitrogen and oxygen atoms in total. The van der Waals surface area contributed by atoms with Gasteiger partial charge < -0.3 is 5.32 Å². The fraction of sp³-hybridized carbons (Fsp3) is 0.609. The molecule has 0 aliphatic heterocycles. The molecule has 148 valence electrons. The summed E-state index contributed by atoms with van der Waals surface area (Å²) in [6.07, 6.45) is 9.95. The van der Waals surface area contributed by atoms with Gasteiger partial charge in [-0.2, -0.15) is 5.10 Å². The summed E-state index contributed by atoms with van der Waals surface area (Å²) in [5.41, 5.74) is 1.85. The molecule has 1 aromatic carbocycles. The SMILES string of the molecule is CC(C)(C)c1ccccc1NC(=O)C12C[C@H]3C[C@@H](C1)CC(n1cncn1)(C3)C2. The predicted octanol–water partition coefficient (Wildman–Crippen LogP) is 4.51. The van der Waals surface area contributed by atoms with Crippen LogP contribution in [0.25, 0.3) is 0 Å². The molecule has 4 fully saturated rings. The van der Waals surface area contributed by atoms with E-state index in [0.717, 1.165) is 37.8 Å². The maximum Gasteiger partial charge on any atom is 0.230 e. The molecule has 4 bridgehead atoms. The molecular formula is C23H30N4O. The van der Waals surface area contributed by atoms with Gasteiger partial charge in [-0.05, 0) is 67.4 Å². The van der Waals surface area contributed by atoms with Crippen molar-refractivity contribution < 1.29 is 4.79 Å². The Balaban J connectivity index is 1.48. The first kappa shape index (κ1) is 17.9. The summed E-state index contributed by atoms with van der Waals surface area (Å²) in [6, 6.07) is 8.25. The molecule has 0 radical (unpaired) electrons. The fourth-order valence-electron chi connectivity index (χ4n) is 6.70. The molecule has 0 saturated heterocycles. The highest BCUT2D eigenvalue weighted by Crippen LogP contribution is 2.64. The van der Waals surface area contributed by atoms with Crippen molar-refractivity contribution in [1.82, 2.24) is 14.8 Å². The highest BCUT2D eigenvalue weighted by Gasteiger charge is 2.61. The van der Waals surface area contributed by atoms with Crippen molar-refractivity contribution in [2.24, 2.45) is 17.3 Å². The third-order valence-corrected chi connectivity index (χ3v) is 7.40. The van der Waals surface area contributed by atoms with Gasteiger partial charge in [-0.15, -0.1) is 0 Å². The lowest BCUT2D eigenvalue weighted by atomic mass is 9.46. The first-order valence-corrected chi connectivity index (χ1v) is 10.6. The Kier molecular flexibility index (Phi) is 3.78. The van der Waals surface area contributed by atoms with Gasteiger partial charge in [0.15, 0.2) is 0 Å². The Morgan fingerprint density at radius 3 is 2.50 bits per heavy atom. The summed E-state index contributed by atoms with van der Waals surface area (Å²) in [7, 11) is 0. The molecule has 4 saturated carbocycles. The van der Waals surface area contributed by atoms with Crippen LogP contribution in [0.3, 0.4) is 0 Å². The van der Waals surface area contributed by atoms with Crippen LogP contribution in [0.4, 0.5) is 5.69 Å². The van der Waals surface area contributed by atoms with Crippen molar-refractivity contribution in [3.05, 3.63) is 42.5 Å². The van der Waals surface area contributed by atoms with Crippen LogP contribution < -0.4 is 5.32 Å². The molecule has 1 N–H and O–H groups in total. The molecule has 5 heteroatoms. The second-order valence-corrected chi connectivity index (χ2v) is 10.6. The Morgan fingerprint density at radius 1 is 1.14 bits per heavy atom. The van der Waals surface area contributed by atoms with Gasteiger partial charge in [0.25, 0.3) is 0 Å².